The fourth-order valence-corrected chi connectivity index (χ4v) is 5.81. The van der Waals surface area contributed by atoms with Gasteiger partial charge in [0.25, 0.3) is 0 Å². The van der Waals surface area contributed by atoms with Crippen LogP contribution in [0.5, 0.6) is 5.75 Å². The van der Waals surface area contributed by atoms with Crippen molar-refractivity contribution in [1.82, 2.24) is 0 Å². The predicted octanol–water partition coefficient (Wildman–Crippen LogP) is 6.10. The summed E-state index contributed by atoms with van der Waals surface area (Å²) in [6.45, 7) is 6.60. The van der Waals surface area contributed by atoms with Crippen LogP contribution in [0.4, 0.5) is 0 Å². The van der Waals surface area contributed by atoms with Crippen molar-refractivity contribution < 1.29 is 14.3 Å². The number of nitriles is 1. The van der Waals surface area contributed by atoms with E-state index >= 15 is 0 Å². The SMILES string of the molecule is CCc1sc(C2C(C#N)=C(N)OC3=C2C(=O)CC(C)(C)C3)cc1COc1ccc(Br)cc1. The summed E-state index contributed by atoms with van der Waals surface area (Å²) in [5.41, 5.74) is 7.90. The van der Waals surface area contributed by atoms with Gasteiger partial charge in [0.05, 0.1) is 5.92 Å². The molecule has 1 aliphatic carbocycles. The van der Waals surface area contributed by atoms with E-state index in [0.29, 0.717) is 36.4 Å². The molecule has 0 spiro atoms. The van der Waals surface area contributed by atoms with Crippen LogP contribution in [0.15, 0.2) is 57.6 Å². The summed E-state index contributed by atoms with van der Waals surface area (Å²) in [4.78, 5) is 15.3. The highest BCUT2D eigenvalue weighted by Gasteiger charge is 2.43. The highest BCUT2D eigenvalue weighted by atomic mass is 79.9. The van der Waals surface area contributed by atoms with Crippen LogP contribution < -0.4 is 10.5 Å². The van der Waals surface area contributed by atoms with Gasteiger partial charge in [-0.05, 0) is 42.2 Å². The monoisotopic (exact) mass is 512 g/mol. The number of halogens is 1. The molecule has 0 saturated heterocycles. The molecule has 1 aliphatic heterocycles. The van der Waals surface area contributed by atoms with Gasteiger partial charge in [-0.25, -0.2) is 0 Å². The van der Waals surface area contributed by atoms with E-state index in [-0.39, 0.29) is 17.1 Å². The molecule has 1 unspecified atom stereocenters. The van der Waals surface area contributed by atoms with Crippen LogP contribution in [0.25, 0.3) is 0 Å². The van der Waals surface area contributed by atoms with E-state index in [1.807, 2.05) is 38.1 Å². The zero-order valence-corrected chi connectivity index (χ0v) is 20.7. The Hall–Kier alpha value is -2.56. The molecule has 2 aliphatic rings. The minimum Gasteiger partial charge on any atom is -0.489 e. The fourth-order valence-electron chi connectivity index (χ4n) is 4.31. The third kappa shape index (κ3) is 4.35. The minimum absolute atomic E-state index is 0.0283. The molecule has 32 heavy (non-hydrogen) atoms. The number of aryl methyl sites for hydroxylation is 1. The van der Waals surface area contributed by atoms with Crippen LogP contribution in [-0.2, 0) is 22.6 Å². The first-order chi connectivity index (χ1) is 15.2. The summed E-state index contributed by atoms with van der Waals surface area (Å²) < 4.78 is 12.8. The number of nitrogens with two attached hydrogens (primary N) is 1. The van der Waals surface area contributed by atoms with Crippen LogP contribution in [0, 0.1) is 16.7 Å². The first kappa shape index (κ1) is 22.6. The Bertz CT molecular complexity index is 1170. The first-order valence-electron chi connectivity index (χ1n) is 10.6. The van der Waals surface area contributed by atoms with Crippen LogP contribution >= 0.6 is 27.3 Å². The first-order valence-corrected chi connectivity index (χ1v) is 12.2. The van der Waals surface area contributed by atoms with Gasteiger partial charge in [0.2, 0.25) is 5.88 Å². The summed E-state index contributed by atoms with van der Waals surface area (Å²) in [7, 11) is 0. The summed E-state index contributed by atoms with van der Waals surface area (Å²) in [6.07, 6.45) is 1.88. The number of hydrogen-bond acceptors (Lipinski definition) is 6. The van der Waals surface area contributed by atoms with Crippen LogP contribution in [0.2, 0.25) is 0 Å². The number of Topliss-reactive ketones (excluding diaryl/α,β-unsaturated/α-hetero) is 1. The molecule has 2 N–H and O–H groups in total. The van der Waals surface area contributed by atoms with E-state index < -0.39 is 5.92 Å². The number of thiophene rings is 1. The molecule has 2 aromatic rings. The number of carbonyl (C=O) groups is 1. The summed E-state index contributed by atoms with van der Waals surface area (Å²) in [6, 6.07) is 12.0. The Kier molecular flexibility index (Phi) is 6.19. The van der Waals surface area contributed by atoms with Crippen LogP contribution in [0.1, 0.15) is 54.8 Å². The third-order valence-electron chi connectivity index (χ3n) is 5.80. The Labute approximate surface area is 200 Å². The number of benzene rings is 1. The lowest BCUT2D eigenvalue weighted by Gasteiger charge is -2.36. The quantitative estimate of drug-likeness (QED) is 0.522. The molecule has 0 radical (unpaired) electrons. The maximum atomic E-state index is 13.2. The molecule has 1 aromatic carbocycles. The number of ether oxygens (including phenoxy) is 2. The van der Waals surface area contributed by atoms with Crippen molar-refractivity contribution in [3.63, 3.8) is 0 Å². The Morgan fingerprint density at radius 3 is 2.69 bits per heavy atom. The molecule has 1 aromatic heterocycles. The second kappa shape index (κ2) is 8.76. The lowest BCUT2D eigenvalue weighted by molar-refractivity contribution is -0.119. The maximum Gasteiger partial charge on any atom is 0.205 e. The van der Waals surface area contributed by atoms with Gasteiger partial charge in [0.1, 0.15) is 29.8 Å². The molecule has 4 rings (SSSR count). The number of rotatable bonds is 5. The van der Waals surface area contributed by atoms with Crippen molar-refractivity contribution in [2.45, 2.75) is 52.6 Å². The summed E-state index contributed by atoms with van der Waals surface area (Å²) in [5, 5.41) is 9.85. The average Bonchev–Trinajstić information content (AvgIpc) is 3.14. The third-order valence-corrected chi connectivity index (χ3v) is 7.72. The van der Waals surface area contributed by atoms with Gasteiger partial charge in [0.15, 0.2) is 5.78 Å². The average molecular weight is 513 g/mol. The molecule has 5 nitrogen and oxygen atoms in total. The van der Waals surface area contributed by atoms with Crippen molar-refractivity contribution in [2.75, 3.05) is 0 Å². The second-order valence-corrected chi connectivity index (χ2v) is 11.0. The molecule has 0 bridgehead atoms. The molecular weight excluding hydrogens is 488 g/mol. The number of nitrogens with zero attached hydrogens (tertiary/aromatic N) is 1. The second-order valence-electron chi connectivity index (χ2n) is 8.90. The molecule has 0 saturated carbocycles. The number of carbonyl (C=O) groups excluding carboxylic acids is 1. The van der Waals surface area contributed by atoms with Gasteiger partial charge < -0.3 is 15.2 Å². The number of hydrogen-bond donors (Lipinski definition) is 1. The zero-order chi connectivity index (χ0) is 23.0. The Morgan fingerprint density at radius 1 is 1.31 bits per heavy atom. The molecule has 1 atom stereocenters. The summed E-state index contributed by atoms with van der Waals surface area (Å²) in [5.74, 6) is 1.03. The van der Waals surface area contributed by atoms with E-state index in [1.165, 1.54) is 4.88 Å². The van der Waals surface area contributed by atoms with E-state index in [9.17, 15) is 10.1 Å². The van der Waals surface area contributed by atoms with Crippen molar-refractivity contribution in [3.8, 4) is 11.8 Å². The molecule has 7 heteroatoms. The number of ketones is 1. The fraction of sp³-hybridized carbons (Fsp3) is 0.360. The molecule has 0 fully saturated rings. The molecule has 2 heterocycles. The largest absolute Gasteiger partial charge is 0.489 e. The van der Waals surface area contributed by atoms with E-state index in [1.54, 1.807) is 11.3 Å². The minimum atomic E-state index is -0.482. The Balaban J connectivity index is 1.71. The lowest BCUT2D eigenvalue weighted by Crippen LogP contribution is -2.33. The van der Waals surface area contributed by atoms with Gasteiger partial charge in [-0.2, -0.15) is 5.26 Å². The van der Waals surface area contributed by atoms with Crippen molar-refractivity contribution >= 4 is 33.0 Å². The van der Waals surface area contributed by atoms with Crippen LogP contribution in [-0.4, -0.2) is 5.78 Å². The topological polar surface area (TPSA) is 85.3 Å². The van der Waals surface area contributed by atoms with E-state index in [0.717, 1.165) is 27.1 Å². The molecular formula is C25H25BrN2O3S. The van der Waals surface area contributed by atoms with Crippen molar-refractivity contribution in [1.29, 1.82) is 5.26 Å². The van der Waals surface area contributed by atoms with Gasteiger partial charge in [-0.1, -0.05) is 36.7 Å². The van der Waals surface area contributed by atoms with Gasteiger partial charge in [-0.3, -0.25) is 4.79 Å². The maximum absolute atomic E-state index is 13.2. The summed E-state index contributed by atoms with van der Waals surface area (Å²) >= 11 is 5.04. The van der Waals surface area contributed by atoms with E-state index in [2.05, 4.69) is 35.0 Å². The smallest absolute Gasteiger partial charge is 0.205 e. The van der Waals surface area contributed by atoms with Crippen molar-refractivity contribution in [3.05, 3.63) is 72.9 Å². The van der Waals surface area contributed by atoms with Gasteiger partial charge in [-0.15, -0.1) is 11.3 Å². The highest BCUT2D eigenvalue weighted by molar-refractivity contribution is 9.10. The van der Waals surface area contributed by atoms with E-state index in [4.69, 9.17) is 15.2 Å². The number of allylic oxidation sites excluding steroid dienone is 3. The molecule has 166 valence electrons. The van der Waals surface area contributed by atoms with Crippen molar-refractivity contribution in [2.24, 2.45) is 11.1 Å². The van der Waals surface area contributed by atoms with Gasteiger partial charge in [0, 0.05) is 38.2 Å². The lowest BCUT2D eigenvalue weighted by atomic mass is 9.71. The van der Waals surface area contributed by atoms with Gasteiger partial charge >= 0.3 is 0 Å². The molecule has 0 amide bonds. The zero-order valence-electron chi connectivity index (χ0n) is 18.3. The Morgan fingerprint density at radius 2 is 2.03 bits per heavy atom. The predicted molar refractivity (Wildman–Crippen MR) is 128 cm³/mol. The highest BCUT2D eigenvalue weighted by Crippen LogP contribution is 2.49. The standard InChI is InChI=1S/C25H25BrN2O3S/c1-4-20-14(13-30-16-7-5-15(26)6-8-16)9-21(32-20)22-17(12-27)24(28)31-19-11-25(2,3)10-18(29)23(19)22/h5-9,22H,4,10-11,13,28H2,1-3H3. The normalized spacial score (nSPS) is 20.0. The van der Waals surface area contributed by atoms with Crippen LogP contribution in [0.3, 0.4) is 0 Å².